The number of fused-ring (bicyclic) bond motifs is 1. The Labute approximate surface area is 145 Å². The van der Waals surface area contributed by atoms with Gasteiger partial charge in [-0.05, 0) is 40.6 Å². The van der Waals surface area contributed by atoms with Gasteiger partial charge in [0.1, 0.15) is 5.75 Å². The van der Waals surface area contributed by atoms with Gasteiger partial charge in [-0.15, -0.1) is 0 Å². The van der Waals surface area contributed by atoms with Crippen LogP contribution in [0.4, 0.5) is 0 Å². The highest BCUT2D eigenvalue weighted by molar-refractivity contribution is 6.17. The van der Waals surface area contributed by atoms with Crippen LogP contribution < -0.4 is 4.74 Å². The number of carbonyl (C=O) groups is 1. The minimum atomic E-state index is -0.453. The van der Waals surface area contributed by atoms with E-state index in [4.69, 9.17) is 9.47 Å². The first-order valence-corrected chi connectivity index (χ1v) is 7.89. The third-order valence-electron chi connectivity index (χ3n) is 4.04. The number of rotatable bonds is 3. The van der Waals surface area contributed by atoms with Gasteiger partial charge in [0.2, 0.25) is 5.90 Å². The predicted molar refractivity (Wildman–Crippen MR) is 97.5 cm³/mol. The lowest BCUT2D eigenvalue weighted by molar-refractivity contribution is -0.129. The molecular weight excluding hydrogens is 314 g/mol. The number of esters is 1. The molecule has 3 aromatic carbocycles. The molecule has 1 aliphatic heterocycles. The molecule has 3 aromatic rings. The standard InChI is InChI=1S/C21H15NO3/c1-24-16-9-4-6-14(12-16)13-19-21(23)25-20(22-19)18-11-5-8-15-7-2-3-10-17(15)18/h2-13H,1H3. The molecule has 122 valence electrons. The highest BCUT2D eigenvalue weighted by Crippen LogP contribution is 2.25. The molecule has 4 rings (SSSR count). The average Bonchev–Trinajstić information content (AvgIpc) is 3.01. The van der Waals surface area contributed by atoms with E-state index in [0.29, 0.717) is 5.90 Å². The van der Waals surface area contributed by atoms with Crippen LogP contribution in [0.5, 0.6) is 5.75 Å². The van der Waals surface area contributed by atoms with Gasteiger partial charge < -0.3 is 9.47 Å². The molecule has 0 aliphatic carbocycles. The number of cyclic esters (lactones) is 1. The van der Waals surface area contributed by atoms with Crippen LogP contribution >= 0.6 is 0 Å². The summed E-state index contributed by atoms with van der Waals surface area (Å²) in [6, 6.07) is 21.2. The number of methoxy groups -OCH3 is 1. The molecule has 25 heavy (non-hydrogen) atoms. The highest BCUT2D eigenvalue weighted by Gasteiger charge is 2.25. The van der Waals surface area contributed by atoms with Gasteiger partial charge in [-0.3, -0.25) is 0 Å². The first-order valence-electron chi connectivity index (χ1n) is 7.89. The fourth-order valence-corrected chi connectivity index (χ4v) is 2.83. The molecule has 0 aromatic heterocycles. The van der Waals surface area contributed by atoms with Crippen LogP contribution in [0.3, 0.4) is 0 Å². The topological polar surface area (TPSA) is 47.9 Å². The van der Waals surface area contributed by atoms with Gasteiger partial charge in [-0.1, -0.05) is 48.5 Å². The molecule has 0 fully saturated rings. The Kier molecular flexibility index (Phi) is 3.78. The van der Waals surface area contributed by atoms with Gasteiger partial charge in [0.25, 0.3) is 0 Å². The van der Waals surface area contributed by atoms with E-state index in [1.54, 1.807) is 13.2 Å². The molecule has 0 bridgehead atoms. The van der Waals surface area contributed by atoms with Crippen LogP contribution in [-0.4, -0.2) is 19.0 Å². The second kappa shape index (κ2) is 6.24. The lowest BCUT2D eigenvalue weighted by Gasteiger charge is -2.04. The van der Waals surface area contributed by atoms with Crippen LogP contribution in [0.2, 0.25) is 0 Å². The summed E-state index contributed by atoms with van der Waals surface area (Å²) in [6.45, 7) is 0. The zero-order valence-corrected chi connectivity index (χ0v) is 13.6. The maximum atomic E-state index is 12.2. The molecule has 1 aliphatic rings. The molecule has 0 N–H and O–H groups in total. The van der Waals surface area contributed by atoms with Crippen molar-refractivity contribution < 1.29 is 14.3 Å². The predicted octanol–water partition coefficient (Wildman–Crippen LogP) is 4.19. The number of hydrogen-bond donors (Lipinski definition) is 0. The Morgan fingerprint density at radius 1 is 1.00 bits per heavy atom. The second-order valence-electron chi connectivity index (χ2n) is 5.64. The fourth-order valence-electron chi connectivity index (χ4n) is 2.83. The first-order chi connectivity index (χ1) is 12.2. The van der Waals surface area contributed by atoms with E-state index in [9.17, 15) is 4.79 Å². The number of nitrogens with zero attached hydrogens (tertiary/aromatic N) is 1. The zero-order chi connectivity index (χ0) is 17.2. The van der Waals surface area contributed by atoms with Crippen molar-refractivity contribution in [3.63, 3.8) is 0 Å². The summed E-state index contributed by atoms with van der Waals surface area (Å²) in [4.78, 5) is 16.6. The summed E-state index contributed by atoms with van der Waals surface area (Å²) in [5.74, 6) is 0.598. The molecule has 4 heteroatoms. The van der Waals surface area contributed by atoms with Crippen LogP contribution in [0.25, 0.3) is 16.8 Å². The molecule has 0 spiro atoms. The second-order valence-corrected chi connectivity index (χ2v) is 5.64. The highest BCUT2D eigenvalue weighted by atomic mass is 16.6. The molecule has 0 amide bonds. The Hall–Kier alpha value is -3.40. The molecule has 0 atom stereocenters. The van der Waals surface area contributed by atoms with E-state index >= 15 is 0 Å². The SMILES string of the molecule is COc1cccc(C=C2N=C(c3cccc4ccccc34)OC2=O)c1. The van der Waals surface area contributed by atoms with E-state index < -0.39 is 5.97 Å². The van der Waals surface area contributed by atoms with E-state index in [0.717, 1.165) is 27.6 Å². The quantitative estimate of drug-likeness (QED) is 0.535. The van der Waals surface area contributed by atoms with Crippen LogP contribution in [0.1, 0.15) is 11.1 Å². The van der Waals surface area contributed by atoms with Crippen molar-refractivity contribution in [1.29, 1.82) is 0 Å². The van der Waals surface area contributed by atoms with Crippen molar-refractivity contribution in [3.8, 4) is 5.75 Å². The summed E-state index contributed by atoms with van der Waals surface area (Å²) in [5, 5.41) is 2.07. The summed E-state index contributed by atoms with van der Waals surface area (Å²) in [5.41, 5.74) is 1.91. The molecule has 1 heterocycles. The Bertz CT molecular complexity index is 1030. The Balaban J connectivity index is 1.76. The number of carbonyl (C=O) groups excluding carboxylic acids is 1. The van der Waals surface area contributed by atoms with Crippen molar-refractivity contribution in [2.75, 3.05) is 7.11 Å². The minimum absolute atomic E-state index is 0.274. The lowest BCUT2D eigenvalue weighted by Crippen LogP contribution is -2.05. The van der Waals surface area contributed by atoms with E-state index in [-0.39, 0.29) is 5.70 Å². The fraction of sp³-hybridized carbons (Fsp3) is 0.0476. The molecule has 0 unspecified atom stereocenters. The molecule has 0 radical (unpaired) electrons. The number of ether oxygens (including phenoxy) is 2. The molecule has 4 nitrogen and oxygen atoms in total. The van der Waals surface area contributed by atoms with E-state index in [1.165, 1.54) is 0 Å². The van der Waals surface area contributed by atoms with Gasteiger partial charge in [0, 0.05) is 5.56 Å². The van der Waals surface area contributed by atoms with Gasteiger partial charge in [-0.25, -0.2) is 9.79 Å². The molecule has 0 saturated carbocycles. The Morgan fingerprint density at radius 2 is 1.80 bits per heavy atom. The minimum Gasteiger partial charge on any atom is -0.497 e. The Morgan fingerprint density at radius 3 is 2.68 bits per heavy atom. The summed E-state index contributed by atoms with van der Waals surface area (Å²) in [6.07, 6.45) is 1.70. The number of hydrogen-bond acceptors (Lipinski definition) is 4. The van der Waals surface area contributed by atoms with E-state index in [2.05, 4.69) is 4.99 Å². The summed E-state index contributed by atoms with van der Waals surface area (Å²) < 4.78 is 10.6. The van der Waals surface area contributed by atoms with Crippen LogP contribution in [-0.2, 0) is 9.53 Å². The number of aliphatic imine (C=N–C) groups is 1. The van der Waals surface area contributed by atoms with Crippen molar-refractivity contribution in [3.05, 3.63) is 83.6 Å². The van der Waals surface area contributed by atoms with Crippen molar-refractivity contribution >= 4 is 28.7 Å². The first kappa shape index (κ1) is 15.1. The normalized spacial score (nSPS) is 15.3. The van der Waals surface area contributed by atoms with Gasteiger partial charge in [-0.2, -0.15) is 0 Å². The van der Waals surface area contributed by atoms with Crippen LogP contribution in [0.15, 0.2) is 77.4 Å². The van der Waals surface area contributed by atoms with Crippen molar-refractivity contribution in [2.24, 2.45) is 4.99 Å². The van der Waals surface area contributed by atoms with Crippen LogP contribution in [0, 0.1) is 0 Å². The molecular formula is C21H15NO3. The van der Waals surface area contributed by atoms with Crippen molar-refractivity contribution in [1.82, 2.24) is 0 Å². The zero-order valence-electron chi connectivity index (χ0n) is 13.6. The van der Waals surface area contributed by atoms with Gasteiger partial charge in [0.05, 0.1) is 7.11 Å². The smallest absolute Gasteiger partial charge is 0.363 e. The summed E-state index contributed by atoms with van der Waals surface area (Å²) in [7, 11) is 1.60. The van der Waals surface area contributed by atoms with Gasteiger partial charge in [0.15, 0.2) is 5.70 Å². The number of benzene rings is 3. The average molecular weight is 329 g/mol. The largest absolute Gasteiger partial charge is 0.497 e. The third kappa shape index (κ3) is 2.90. The third-order valence-corrected chi connectivity index (χ3v) is 4.04. The monoisotopic (exact) mass is 329 g/mol. The van der Waals surface area contributed by atoms with E-state index in [1.807, 2.05) is 66.7 Å². The van der Waals surface area contributed by atoms with Gasteiger partial charge >= 0.3 is 5.97 Å². The molecule has 0 saturated heterocycles. The maximum absolute atomic E-state index is 12.2. The summed E-state index contributed by atoms with van der Waals surface area (Å²) >= 11 is 0. The maximum Gasteiger partial charge on any atom is 0.363 e. The van der Waals surface area contributed by atoms with Crippen molar-refractivity contribution in [2.45, 2.75) is 0 Å². The lowest BCUT2D eigenvalue weighted by atomic mass is 10.0.